The maximum absolute atomic E-state index is 13.0. The SMILES string of the molecule is CC1C(CC(=O)O)CC[C@H]2[C@H]1C(=O)C[C@H]1C(C)(C)C(O)CC[C@]21C. The van der Waals surface area contributed by atoms with Crippen LogP contribution in [-0.4, -0.2) is 28.1 Å². The van der Waals surface area contributed by atoms with E-state index < -0.39 is 5.97 Å². The number of carbonyl (C=O) groups excluding carboxylic acids is 1. The predicted octanol–water partition coefficient (Wildman–Crippen LogP) is 3.52. The van der Waals surface area contributed by atoms with Gasteiger partial charge >= 0.3 is 5.97 Å². The summed E-state index contributed by atoms with van der Waals surface area (Å²) in [5.74, 6) is 0.415. The number of carboxylic acids is 1. The highest BCUT2D eigenvalue weighted by molar-refractivity contribution is 5.83. The Balaban J connectivity index is 1.92. The molecule has 4 heteroatoms. The van der Waals surface area contributed by atoms with E-state index >= 15 is 0 Å². The molecular weight excluding hydrogens is 304 g/mol. The molecule has 0 aromatic carbocycles. The van der Waals surface area contributed by atoms with E-state index in [1.807, 2.05) is 0 Å². The Hall–Kier alpha value is -0.900. The average Bonchev–Trinajstić information content (AvgIpc) is 2.48. The van der Waals surface area contributed by atoms with Crippen LogP contribution in [-0.2, 0) is 9.59 Å². The van der Waals surface area contributed by atoms with Gasteiger partial charge in [-0.2, -0.15) is 0 Å². The van der Waals surface area contributed by atoms with E-state index in [9.17, 15) is 14.7 Å². The Morgan fingerprint density at radius 3 is 2.50 bits per heavy atom. The number of Topliss-reactive ketones (excluding diaryl/α,β-unsaturated/α-hetero) is 1. The molecule has 3 aliphatic carbocycles. The van der Waals surface area contributed by atoms with E-state index in [2.05, 4.69) is 27.7 Å². The molecule has 0 aliphatic heterocycles. The van der Waals surface area contributed by atoms with Gasteiger partial charge in [0.05, 0.1) is 6.10 Å². The summed E-state index contributed by atoms with van der Waals surface area (Å²) >= 11 is 0. The fraction of sp³-hybridized carbons (Fsp3) is 0.900. The van der Waals surface area contributed by atoms with E-state index in [0.717, 1.165) is 25.7 Å². The van der Waals surface area contributed by atoms with Crippen molar-refractivity contribution in [2.75, 3.05) is 0 Å². The molecule has 0 amide bonds. The molecule has 3 fully saturated rings. The summed E-state index contributed by atoms with van der Waals surface area (Å²) in [6.07, 6.45) is 4.05. The van der Waals surface area contributed by atoms with Crippen LogP contribution in [0.25, 0.3) is 0 Å². The number of rotatable bonds is 2. The summed E-state index contributed by atoms with van der Waals surface area (Å²) < 4.78 is 0. The van der Waals surface area contributed by atoms with Crippen molar-refractivity contribution in [1.29, 1.82) is 0 Å². The Bertz CT molecular complexity index is 540. The van der Waals surface area contributed by atoms with Crippen molar-refractivity contribution in [3.63, 3.8) is 0 Å². The van der Waals surface area contributed by atoms with Crippen LogP contribution in [0.5, 0.6) is 0 Å². The Kier molecular flexibility index (Phi) is 4.35. The highest BCUT2D eigenvalue weighted by atomic mass is 16.4. The zero-order valence-corrected chi connectivity index (χ0v) is 15.4. The molecule has 0 heterocycles. The quantitative estimate of drug-likeness (QED) is 0.809. The van der Waals surface area contributed by atoms with Crippen LogP contribution in [0.15, 0.2) is 0 Å². The molecule has 0 bridgehead atoms. The molecule has 0 spiro atoms. The molecular formula is C20H32O4. The molecule has 2 N–H and O–H groups in total. The Morgan fingerprint density at radius 2 is 1.88 bits per heavy atom. The number of fused-ring (bicyclic) bond motifs is 3. The first-order chi connectivity index (χ1) is 11.1. The smallest absolute Gasteiger partial charge is 0.303 e. The minimum Gasteiger partial charge on any atom is -0.481 e. The molecule has 0 aromatic heterocycles. The number of hydrogen-bond acceptors (Lipinski definition) is 3. The monoisotopic (exact) mass is 336 g/mol. The van der Waals surface area contributed by atoms with E-state index in [-0.39, 0.29) is 47.0 Å². The lowest BCUT2D eigenvalue weighted by molar-refractivity contribution is -0.179. The number of hydrogen-bond donors (Lipinski definition) is 2. The van der Waals surface area contributed by atoms with Crippen LogP contribution in [0.4, 0.5) is 0 Å². The molecule has 0 radical (unpaired) electrons. The standard InChI is InChI=1S/C20H32O4/c1-11-12(9-17(23)24)5-6-13-18(11)14(21)10-15-19(2,3)16(22)7-8-20(13,15)4/h11-13,15-16,18,22H,5-10H2,1-4H3,(H,23,24)/t11?,12?,13-,15-,16?,18-,20+/m0/s1. The van der Waals surface area contributed by atoms with Crippen LogP contribution in [0.3, 0.4) is 0 Å². The van der Waals surface area contributed by atoms with Gasteiger partial charge in [0, 0.05) is 18.8 Å². The molecule has 3 rings (SSSR count). The minimum absolute atomic E-state index is 0.00962. The third-order valence-electron chi connectivity index (χ3n) is 8.16. The number of aliphatic hydroxyl groups is 1. The number of carboxylic acid groups (broad SMARTS) is 1. The molecule has 4 nitrogen and oxygen atoms in total. The second-order valence-electron chi connectivity index (χ2n) is 9.53. The van der Waals surface area contributed by atoms with Gasteiger partial charge in [-0.05, 0) is 60.2 Å². The van der Waals surface area contributed by atoms with Crippen LogP contribution in [0, 0.1) is 40.4 Å². The summed E-state index contributed by atoms with van der Waals surface area (Å²) in [5, 5.41) is 19.7. The average molecular weight is 336 g/mol. The molecule has 3 aliphatic rings. The predicted molar refractivity (Wildman–Crippen MR) is 91.4 cm³/mol. The summed E-state index contributed by atoms with van der Waals surface area (Å²) in [4.78, 5) is 24.2. The number of aliphatic hydroxyl groups excluding tert-OH is 1. The van der Waals surface area contributed by atoms with E-state index in [1.54, 1.807) is 0 Å². The Morgan fingerprint density at radius 1 is 1.21 bits per heavy atom. The van der Waals surface area contributed by atoms with Gasteiger partial charge in [0.15, 0.2) is 0 Å². The second-order valence-corrected chi connectivity index (χ2v) is 9.53. The van der Waals surface area contributed by atoms with Gasteiger partial charge in [-0.15, -0.1) is 0 Å². The summed E-state index contributed by atoms with van der Waals surface area (Å²) in [5.41, 5.74) is -0.140. The van der Waals surface area contributed by atoms with E-state index in [1.165, 1.54) is 0 Å². The third kappa shape index (κ3) is 2.53. The van der Waals surface area contributed by atoms with Gasteiger partial charge in [-0.25, -0.2) is 0 Å². The van der Waals surface area contributed by atoms with Crippen LogP contribution in [0.1, 0.15) is 66.2 Å². The van der Waals surface area contributed by atoms with Crippen molar-refractivity contribution in [1.82, 2.24) is 0 Å². The molecule has 7 atom stereocenters. The van der Waals surface area contributed by atoms with Crippen LogP contribution in [0.2, 0.25) is 0 Å². The van der Waals surface area contributed by atoms with Gasteiger partial charge in [-0.3, -0.25) is 9.59 Å². The van der Waals surface area contributed by atoms with Crippen molar-refractivity contribution in [2.45, 2.75) is 72.3 Å². The minimum atomic E-state index is -0.750. The third-order valence-corrected chi connectivity index (χ3v) is 8.16. The molecule has 3 unspecified atom stereocenters. The van der Waals surface area contributed by atoms with Crippen LogP contribution < -0.4 is 0 Å². The molecule has 0 aromatic rings. The first-order valence-corrected chi connectivity index (χ1v) is 9.51. The topological polar surface area (TPSA) is 74.6 Å². The van der Waals surface area contributed by atoms with Crippen molar-refractivity contribution in [2.24, 2.45) is 40.4 Å². The highest BCUT2D eigenvalue weighted by Gasteiger charge is 2.61. The van der Waals surface area contributed by atoms with E-state index in [0.29, 0.717) is 18.1 Å². The normalized spacial score (nSPS) is 47.6. The van der Waals surface area contributed by atoms with Gasteiger partial charge in [0.25, 0.3) is 0 Å². The zero-order chi connectivity index (χ0) is 17.9. The Labute approximate surface area is 145 Å². The number of aliphatic carboxylic acids is 1. The second kappa shape index (κ2) is 5.82. The van der Waals surface area contributed by atoms with Crippen molar-refractivity contribution in [3.05, 3.63) is 0 Å². The lowest BCUT2D eigenvalue weighted by atomic mass is 9.42. The van der Waals surface area contributed by atoms with Gasteiger partial charge < -0.3 is 10.2 Å². The maximum Gasteiger partial charge on any atom is 0.303 e. The first kappa shape index (κ1) is 17.9. The van der Waals surface area contributed by atoms with Gasteiger partial charge in [0.1, 0.15) is 5.78 Å². The van der Waals surface area contributed by atoms with E-state index in [4.69, 9.17) is 5.11 Å². The number of carbonyl (C=O) groups is 2. The zero-order valence-electron chi connectivity index (χ0n) is 15.4. The van der Waals surface area contributed by atoms with Crippen molar-refractivity contribution >= 4 is 11.8 Å². The molecule has 24 heavy (non-hydrogen) atoms. The summed E-state index contributed by atoms with van der Waals surface area (Å²) in [6.45, 7) is 8.66. The lowest BCUT2D eigenvalue weighted by Crippen LogP contribution is -2.60. The maximum atomic E-state index is 13.0. The fourth-order valence-electron chi connectivity index (χ4n) is 6.62. The number of ketones is 1. The molecule has 0 saturated heterocycles. The van der Waals surface area contributed by atoms with Crippen LogP contribution >= 0.6 is 0 Å². The lowest BCUT2D eigenvalue weighted by Gasteiger charge is -2.62. The largest absolute Gasteiger partial charge is 0.481 e. The first-order valence-electron chi connectivity index (χ1n) is 9.51. The summed E-state index contributed by atoms with van der Waals surface area (Å²) in [7, 11) is 0. The van der Waals surface area contributed by atoms with Crippen molar-refractivity contribution < 1.29 is 19.8 Å². The molecule has 136 valence electrons. The van der Waals surface area contributed by atoms with Gasteiger partial charge in [-0.1, -0.05) is 27.7 Å². The van der Waals surface area contributed by atoms with Gasteiger partial charge in [0.2, 0.25) is 0 Å². The fourth-order valence-corrected chi connectivity index (χ4v) is 6.62. The van der Waals surface area contributed by atoms with Crippen molar-refractivity contribution in [3.8, 4) is 0 Å². The summed E-state index contributed by atoms with van der Waals surface area (Å²) in [6, 6.07) is 0. The highest BCUT2D eigenvalue weighted by Crippen LogP contribution is 2.64. The molecule has 3 saturated carbocycles.